The van der Waals surface area contributed by atoms with Crippen molar-refractivity contribution in [1.29, 1.82) is 0 Å². The summed E-state index contributed by atoms with van der Waals surface area (Å²) in [5, 5.41) is 39.7. The van der Waals surface area contributed by atoms with Gasteiger partial charge in [0.05, 0.1) is 24.5 Å². The number of benzene rings is 4. The van der Waals surface area contributed by atoms with Gasteiger partial charge in [0, 0.05) is 35.9 Å². The smallest absolute Gasteiger partial charge is 0.550 e. The molecule has 4 atom stereocenters. The molecule has 0 radical (unpaired) electrons. The van der Waals surface area contributed by atoms with Crippen LogP contribution in [0.3, 0.4) is 0 Å². The number of carboxylic acids is 2. The monoisotopic (exact) mass is 700 g/mol. The van der Waals surface area contributed by atoms with Crippen LogP contribution in [0.1, 0.15) is 24.0 Å². The first kappa shape index (κ1) is 44.5. The van der Waals surface area contributed by atoms with Gasteiger partial charge in [-0.15, -0.1) is 0 Å². The molecule has 4 aromatic carbocycles. The standard InChI is InChI=1S/2C18H17O5P.2Li/c2*19-16(12-18(20)21)13-24(22,23)11-10-15-8-4-5-9-17(15)14-6-2-1-3-7-14;;/h2*1-9,16,19H,12-13H2,(H,20,21)(H,22,23);;/q;;2*+1/p-2/t2*16-;;/m00../s1. The Morgan fingerprint density at radius 1 is 0.560 bits per heavy atom. The van der Waals surface area contributed by atoms with Gasteiger partial charge in [0.1, 0.15) is 0 Å². The summed E-state index contributed by atoms with van der Waals surface area (Å²) in [4.78, 5) is 40.5. The van der Waals surface area contributed by atoms with Gasteiger partial charge in [0.2, 0.25) is 0 Å². The van der Waals surface area contributed by atoms with Gasteiger partial charge in [-0.3, -0.25) is 9.13 Å². The van der Waals surface area contributed by atoms with Crippen molar-refractivity contribution in [1.82, 2.24) is 0 Å². The summed E-state index contributed by atoms with van der Waals surface area (Å²) in [7, 11) is -7.97. The number of aliphatic hydroxyl groups excluding tert-OH is 2. The van der Waals surface area contributed by atoms with Crippen LogP contribution in [0.4, 0.5) is 0 Å². The van der Waals surface area contributed by atoms with Crippen LogP contribution in [0.5, 0.6) is 0 Å². The van der Waals surface area contributed by atoms with E-state index in [4.69, 9.17) is 0 Å². The van der Waals surface area contributed by atoms with E-state index in [1.54, 1.807) is 24.3 Å². The molecule has 4 rings (SSSR count). The molecular weight excluding hydrogens is 668 g/mol. The summed E-state index contributed by atoms with van der Waals surface area (Å²) in [6, 6.07) is 33.3. The van der Waals surface area contributed by atoms with Gasteiger partial charge in [0.15, 0.2) is 0 Å². The van der Waals surface area contributed by atoms with Gasteiger partial charge in [-0.2, -0.15) is 0 Å². The minimum atomic E-state index is -3.98. The Morgan fingerprint density at radius 3 is 1.18 bits per heavy atom. The second kappa shape index (κ2) is 21.6. The minimum absolute atomic E-state index is 0. The van der Waals surface area contributed by atoms with Crippen LogP contribution < -0.4 is 47.9 Å². The molecular formula is C36H32Li2O10P2. The quantitative estimate of drug-likeness (QED) is 0.0747. The number of carbonyl (C=O) groups excluding carboxylic acids is 2. The molecule has 0 amide bonds. The van der Waals surface area contributed by atoms with E-state index in [1.165, 1.54) is 0 Å². The SMILES string of the molecule is O=C([O-])C[C@H](O)CP(=O)(O)C#Cc1ccccc1-c1ccccc1.O=C([O-])C[C@H](O)CP(=O)(O)C#Cc1ccccc1-c1ccccc1.[Li+].[Li+]. The van der Waals surface area contributed by atoms with Crippen LogP contribution in [0, 0.1) is 23.2 Å². The van der Waals surface area contributed by atoms with E-state index in [0.717, 1.165) is 22.3 Å². The maximum atomic E-state index is 12.0. The van der Waals surface area contributed by atoms with Gasteiger partial charge in [-0.1, -0.05) is 109 Å². The second-order valence-electron chi connectivity index (χ2n) is 10.5. The molecule has 0 saturated heterocycles. The van der Waals surface area contributed by atoms with E-state index in [-0.39, 0.29) is 37.7 Å². The third-order valence-electron chi connectivity index (χ3n) is 6.48. The minimum Gasteiger partial charge on any atom is -0.550 e. The van der Waals surface area contributed by atoms with Crippen LogP contribution in [0.25, 0.3) is 22.3 Å². The Morgan fingerprint density at radius 2 is 0.860 bits per heavy atom. The van der Waals surface area contributed by atoms with Crippen LogP contribution in [0.2, 0.25) is 0 Å². The third kappa shape index (κ3) is 16.0. The van der Waals surface area contributed by atoms with E-state index in [9.17, 15) is 48.9 Å². The molecule has 4 N–H and O–H groups in total. The summed E-state index contributed by atoms with van der Waals surface area (Å²) in [5.74, 6) is 2.38. The average molecular weight is 700 g/mol. The Hall–Kier alpha value is -3.57. The Kier molecular flexibility index (Phi) is 19.2. The van der Waals surface area contributed by atoms with Gasteiger partial charge in [0.25, 0.3) is 14.7 Å². The first-order valence-electron chi connectivity index (χ1n) is 14.5. The molecule has 0 aliphatic rings. The van der Waals surface area contributed by atoms with Gasteiger partial charge in [-0.05, 0) is 45.7 Å². The van der Waals surface area contributed by atoms with Crippen LogP contribution >= 0.6 is 14.7 Å². The molecule has 0 heterocycles. The van der Waals surface area contributed by atoms with Crippen molar-refractivity contribution in [2.45, 2.75) is 25.0 Å². The van der Waals surface area contributed by atoms with Crippen LogP contribution in [0.15, 0.2) is 109 Å². The summed E-state index contributed by atoms with van der Waals surface area (Å²) in [6.45, 7) is 0. The molecule has 4 aromatic rings. The van der Waals surface area contributed by atoms with Crippen molar-refractivity contribution in [2.75, 3.05) is 12.3 Å². The number of aliphatic carboxylic acids is 2. The van der Waals surface area contributed by atoms with Crippen molar-refractivity contribution >= 4 is 26.7 Å². The number of carbonyl (C=O) groups is 2. The van der Waals surface area contributed by atoms with E-state index < -0.39 is 64.0 Å². The number of aliphatic hydroxyl groups is 2. The third-order valence-corrected chi connectivity index (χ3v) is 9.23. The topological polar surface area (TPSA) is 195 Å². The molecule has 10 nitrogen and oxygen atoms in total. The number of hydrogen-bond donors (Lipinski definition) is 4. The van der Waals surface area contributed by atoms with E-state index in [1.807, 2.05) is 84.9 Å². The van der Waals surface area contributed by atoms with Crippen LogP contribution in [-0.2, 0) is 18.7 Å². The normalized spacial score (nSPS) is 13.5. The van der Waals surface area contributed by atoms with E-state index >= 15 is 0 Å². The molecule has 50 heavy (non-hydrogen) atoms. The molecule has 14 heteroatoms. The predicted molar refractivity (Wildman–Crippen MR) is 178 cm³/mol. The first-order valence-corrected chi connectivity index (χ1v) is 18.2. The first-order chi connectivity index (χ1) is 22.7. The van der Waals surface area contributed by atoms with Crippen molar-refractivity contribution in [2.24, 2.45) is 0 Å². The van der Waals surface area contributed by atoms with Gasteiger partial charge in [-0.25, -0.2) is 0 Å². The molecule has 0 fully saturated rings. The molecule has 0 aromatic heterocycles. The van der Waals surface area contributed by atoms with E-state index in [2.05, 4.69) is 23.2 Å². The van der Waals surface area contributed by atoms with Crippen molar-refractivity contribution < 1.29 is 86.7 Å². The Bertz CT molecular complexity index is 1790. The zero-order valence-corrected chi connectivity index (χ0v) is 29.3. The van der Waals surface area contributed by atoms with Gasteiger partial charge >= 0.3 is 37.7 Å². The van der Waals surface area contributed by atoms with Crippen LogP contribution in [-0.4, -0.2) is 56.5 Å². The Labute approximate surface area is 314 Å². The molecule has 0 saturated carbocycles. The summed E-state index contributed by atoms with van der Waals surface area (Å²) < 4.78 is 24.1. The van der Waals surface area contributed by atoms with Crippen molar-refractivity contribution in [3.63, 3.8) is 0 Å². The van der Waals surface area contributed by atoms with Gasteiger partial charge < -0.3 is 39.8 Å². The fourth-order valence-corrected chi connectivity index (χ4v) is 6.57. The Balaban J connectivity index is 0.000000481. The predicted octanol–water partition coefficient (Wildman–Crippen LogP) is -3.12. The van der Waals surface area contributed by atoms with Crippen molar-refractivity contribution in [3.05, 3.63) is 120 Å². The maximum Gasteiger partial charge on any atom is 1.00 e. The molecule has 248 valence electrons. The molecule has 0 spiro atoms. The van der Waals surface area contributed by atoms with E-state index in [0.29, 0.717) is 11.1 Å². The fraction of sp³-hybridized carbons (Fsp3) is 0.167. The summed E-state index contributed by atoms with van der Waals surface area (Å²) in [5.41, 5.74) is 9.19. The summed E-state index contributed by atoms with van der Waals surface area (Å²) >= 11 is 0. The largest absolute Gasteiger partial charge is 1.00 e. The number of carboxylic acid groups (broad SMARTS) is 2. The zero-order valence-electron chi connectivity index (χ0n) is 27.5. The number of hydrogen-bond acceptors (Lipinski definition) is 8. The summed E-state index contributed by atoms with van der Waals surface area (Å²) in [6.07, 6.45) is -5.56. The molecule has 0 aliphatic carbocycles. The fourth-order valence-electron chi connectivity index (χ4n) is 4.39. The molecule has 0 aliphatic heterocycles. The zero-order chi connectivity index (χ0) is 35.2. The second-order valence-corrected chi connectivity index (χ2v) is 14.5. The molecule has 2 unspecified atom stereocenters. The number of rotatable bonds is 10. The average Bonchev–Trinajstić information content (AvgIpc) is 3.03. The maximum absolute atomic E-state index is 12.0. The molecule has 0 bridgehead atoms. The van der Waals surface area contributed by atoms with Crippen molar-refractivity contribution in [3.8, 4) is 45.4 Å².